The maximum Gasteiger partial charge on any atom is 0.264 e. The van der Waals surface area contributed by atoms with Crippen molar-refractivity contribution < 1.29 is 18.0 Å². The van der Waals surface area contributed by atoms with Crippen LogP contribution in [0.15, 0.2) is 65.6 Å². The van der Waals surface area contributed by atoms with E-state index >= 15 is 0 Å². The van der Waals surface area contributed by atoms with E-state index in [1.165, 1.54) is 17.0 Å². The van der Waals surface area contributed by atoms with E-state index in [4.69, 9.17) is 23.2 Å². The minimum atomic E-state index is -4.16. The van der Waals surface area contributed by atoms with Gasteiger partial charge in [0.25, 0.3) is 10.0 Å². The molecule has 3 aromatic carbocycles. The number of aryl methyl sites for hydroxylation is 3. The molecule has 1 atom stereocenters. The van der Waals surface area contributed by atoms with Gasteiger partial charge in [0.15, 0.2) is 0 Å². The zero-order chi connectivity index (χ0) is 30.3. The molecule has 0 aliphatic rings. The Morgan fingerprint density at radius 1 is 0.927 bits per heavy atom. The molecule has 0 aromatic heterocycles. The molecule has 3 rings (SSSR count). The molecular formula is C31H37Cl2N3O4S. The number of nitrogens with zero attached hydrogens (tertiary/aromatic N) is 2. The number of hydrogen-bond donors (Lipinski definition) is 1. The Balaban J connectivity index is 2.08. The van der Waals surface area contributed by atoms with Crippen LogP contribution in [0.4, 0.5) is 5.69 Å². The summed E-state index contributed by atoms with van der Waals surface area (Å²) in [6.07, 6.45) is 1.69. The first-order valence-electron chi connectivity index (χ1n) is 13.5. The van der Waals surface area contributed by atoms with Crippen LogP contribution in [0.5, 0.6) is 0 Å². The van der Waals surface area contributed by atoms with Crippen molar-refractivity contribution in [2.45, 2.75) is 64.9 Å². The summed E-state index contributed by atoms with van der Waals surface area (Å²) in [6.45, 7) is 9.00. The highest BCUT2D eigenvalue weighted by Gasteiger charge is 2.33. The van der Waals surface area contributed by atoms with Gasteiger partial charge in [-0.3, -0.25) is 13.9 Å². The van der Waals surface area contributed by atoms with Gasteiger partial charge in [0.05, 0.1) is 10.6 Å². The molecule has 0 saturated heterocycles. The zero-order valence-electron chi connectivity index (χ0n) is 24.1. The molecule has 2 amide bonds. The quantitative estimate of drug-likeness (QED) is 0.237. The third-order valence-electron chi connectivity index (χ3n) is 6.91. The van der Waals surface area contributed by atoms with Gasteiger partial charge in [0.2, 0.25) is 11.8 Å². The van der Waals surface area contributed by atoms with E-state index in [1.807, 2.05) is 32.9 Å². The number of amides is 2. The van der Waals surface area contributed by atoms with E-state index < -0.39 is 28.5 Å². The summed E-state index contributed by atoms with van der Waals surface area (Å²) >= 11 is 12.9. The van der Waals surface area contributed by atoms with Crippen LogP contribution in [0.2, 0.25) is 10.0 Å². The molecule has 0 radical (unpaired) electrons. The van der Waals surface area contributed by atoms with Crippen LogP contribution in [0.1, 0.15) is 48.9 Å². The summed E-state index contributed by atoms with van der Waals surface area (Å²) in [5.74, 6) is -0.926. The predicted molar refractivity (Wildman–Crippen MR) is 166 cm³/mol. The molecule has 0 fully saturated rings. The fourth-order valence-corrected chi connectivity index (χ4v) is 6.30. The molecule has 0 aliphatic carbocycles. The molecule has 10 heteroatoms. The van der Waals surface area contributed by atoms with Crippen molar-refractivity contribution in [3.8, 4) is 0 Å². The number of carbonyl (C=O) groups is 2. The highest BCUT2D eigenvalue weighted by molar-refractivity contribution is 7.92. The summed E-state index contributed by atoms with van der Waals surface area (Å²) in [5.41, 5.74) is 3.28. The van der Waals surface area contributed by atoms with Crippen LogP contribution in [-0.2, 0) is 26.2 Å². The maximum atomic E-state index is 14.1. The number of hydrogen-bond acceptors (Lipinski definition) is 4. The van der Waals surface area contributed by atoms with Gasteiger partial charge in [-0.2, -0.15) is 0 Å². The Bertz CT molecular complexity index is 1470. The molecule has 3 aromatic rings. The summed E-state index contributed by atoms with van der Waals surface area (Å²) in [7, 11) is -4.16. The number of sulfonamides is 1. The first-order valence-corrected chi connectivity index (χ1v) is 15.7. The van der Waals surface area contributed by atoms with E-state index in [1.54, 1.807) is 50.2 Å². The Labute approximate surface area is 253 Å². The van der Waals surface area contributed by atoms with Gasteiger partial charge in [-0.1, -0.05) is 72.4 Å². The third kappa shape index (κ3) is 8.03. The summed E-state index contributed by atoms with van der Waals surface area (Å²) in [4.78, 5) is 28.6. The Hall–Kier alpha value is -3.07. The Morgan fingerprint density at radius 2 is 1.54 bits per heavy atom. The van der Waals surface area contributed by atoms with Gasteiger partial charge in [0, 0.05) is 28.7 Å². The van der Waals surface area contributed by atoms with E-state index in [9.17, 15) is 18.0 Å². The normalized spacial score (nSPS) is 12.1. The van der Waals surface area contributed by atoms with Gasteiger partial charge in [-0.05, 0) is 75.6 Å². The fraction of sp³-hybridized carbons (Fsp3) is 0.355. The Kier molecular flexibility index (Phi) is 11.2. The van der Waals surface area contributed by atoms with Crippen LogP contribution in [0, 0.1) is 20.8 Å². The lowest BCUT2D eigenvalue weighted by Gasteiger charge is -2.33. The van der Waals surface area contributed by atoms with Gasteiger partial charge in [-0.15, -0.1) is 0 Å². The molecule has 0 bridgehead atoms. The van der Waals surface area contributed by atoms with Crippen LogP contribution >= 0.6 is 23.2 Å². The second-order valence-corrected chi connectivity index (χ2v) is 12.8. The molecule has 7 nitrogen and oxygen atoms in total. The maximum absolute atomic E-state index is 14.1. The summed E-state index contributed by atoms with van der Waals surface area (Å²) in [5, 5.41) is 3.55. The lowest BCUT2D eigenvalue weighted by Crippen LogP contribution is -2.51. The lowest BCUT2D eigenvalue weighted by atomic mass is 10.1. The average Bonchev–Trinajstić information content (AvgIpc) is 2.93. The van der Waals surface area contributed by atoms with Crippen LogP contribution in [0.3, 0.4) is 0 Å². The minimum Gasteiger partial charge on any atom is -0.354 e. The smallest absolute Gasteiger partial charge is 0.264 e. The first kappa shape index (κ1) is 32.4. The second kappa shape index (κ2) is 14.2. The number of anilines is 1. The standard InChI is InChI=1S/C31H37Cl2N3O4S/c1-6-7-17-34-31(38)24(5)35(19-26-27(32)9-8-10-28(26)33)30(37)20-36(29-18-22(3)11-14-23(29)4)41(39,40)25-15-12-21(2)13-16-25/h8-16,18,24H,6-7,17,19-20H2,1-5H3,(H,34,38)/t24-/m0/s1. The van der Waals surface area contributed by atoms with Crippen molar-refractivity contribution in [3.05, 3.63) is 93.0 Å². The number of rotatable bonds is 12. The monoisotopic (exact) mass is 617 g/mol. The van der Waals surface area contributed by atoms with Crippen LogP contribution < -0.4 is 9.62 Å². The molecule has 0 unspecified atom stereocenters. The molecule has 0 saturated carbocycles. The minimum absolute atomic E-state index is 0.0582. The summed E-state index contributed by atoms with van der Waals surface area (Å²) < 4.78 is 29.2. The second-order valence-electron chi connectivity index (χ2n) is 10.2. The van der Waals surface area contributed by atoms with Crippen molar-refractivity contribution in [2.24, 2.45) is 0 Å². The summed E-state index contributed by atoms with van der Waals surface area (Å²) in [6, 6.07) is 16.0. The van der Waals surface area contributed by atoms with Crippen molar-refractivity contribution in [1.29, 1.82) is 0 Å². The zero-order valence-corrected chi connectivity index (χ0v) is 26.4. The SMILES string of the molecule is CCCCNC(=O)[C@H](C)N(Cc1c(Cl)cccc1Cl)C(=O)CN(c1cc(C)ccc1C)S(=O)(=O)c1ccc(C)cc1. The molecule has 0 heterocycles. The molecule has 0 aliphatic heterocycles. The molecule has 0 spiro atoms. The average molecular weight is 619 g/mol. The third-order valence-corrected chi connectivity index (χ3v) is 9.39. The van der Waals surface area contributed by atoms with Crippen molar-refractivity contribution >= 4 is 50.7 Å². The van der Waals surface area contributed by atoms with E-state index in [-0.39, 0.29) is 17.3 Å². The number of nitrogens with one attached hydrogen (secondary N) is 1. The van der Waals surface area contributed by atoms with Crippen molar-refractivity contribution in [1.82, 2.24) is 10.2 Å². The number of benzene rings is 3. The molecular weight excluding hydrogens is 581 g/mol. The van der Waals surface area contributed by atoms with Gasteiger partial charge >= 0.3 is 0 Å². The number of unbranched alkanes of at least 4 members (excludes halogenated alkanes) is 1. The fourth-order valence-electron chi connectivity index (χ4n) is 4.31. The predicted octanol–water partition coefficient (Wildman–Crippen LogP) is 6.45. The highest BCUT2D eigenvalue weighted by atomic mass is 35.5. The number of carbonyl (C=O) groups excluding carboxylic acids is 2. The highest BCUT2D eigenvalue weighted by Crippen LogP contribution is 2.30. The van der Waals surface area contributed by atoms with Crippen LogP contribution in [0.25, 0.3) is 0 Å². The Morgan fingerprint density at radius 3 is 2.15 bits per heavy atom. The first-order chi connectivity index (χ1) is 19.4. The van der Waals surface area contributed by atoms with E-state index in [0.717, 1.165) is 28.3 Å². The largest absolute Gasteiger partial charge is 0.354 e. The lowest BCUT2D eigenvalue weighted by molar-refractivity contribution is -0.139. The van der Waals surface area contributed by atoms with Crippen molar-refractivity contribution in [3.63, 3.8) is 0 Å². The molecule has 1 N–H and O–H groups in total. The molecule has 41 heavy (non-hydrogen) atoms. The van der Waals surface area contributed by atoms with Gasteiger partial charge in [0.1, 0.15) is 12.6 Å². The molecule has 220 valence electrons. The van der Waals surface area contributed by atoms with Crippen molar-refractivity contribution in [2.75, 3.05) is 17.4 Å². The van der Waals surface area contributed by atoms with Crippen LogP contribution in [-0.4, -0.2) is 44.3 Å². The van der Waals surface area contributed by atoms with Gasteiger partial charge < -0.3 is 10.2 Å². The van der Waals surface area contributed by atoms with E-state index in [0.29, 0.717) is 33.4 Å². The number of halogens is 2. The van der Waals surface area contributed by atoms with Gasteiger partial charge in [-0.25, -0.2) is 8.42 Å². The van der Waals surface area contributed by atoms with E-state index in [2.05, 4.69) is 5.32 Å². The topological polar surface area (TPSA) is 86.8 Å².